The number of nitrogens with zero attached hydrogens (tertiary/aromatic N) is 2. The molecule has 0 spiro atoms. The predicted molar refractivity (Wildman–Crippen MR) is 116 cm³/mol. The number of hydrogen-bond acceptors (Lipinski definition) is 4. The number of amides is 3. The molecule has 9 heteroatoms. The van der Waals surface area contributed by atoms with E-state index in [1.165, 1.54) is 0 Å². The Hall–Kier alpha value is -3.33. The molecule has 7 nitrogen and oxygen atoms in total. The van der Waals surface area contributed by atoms with Gasteiger partial charge in [0.1, 0.15) is 17.3 Å². The third-order valence-electron chi connectivity index (χ3n) is 6.35. The molecule has 2 unspecified atom stereocenters. The van der Waals surface area contributed by atoms with Gasteiger partial charge in [0, 0.05) is 37.6 Å². The lowest BCUT2D eigenvalue weighted by Crippen LogP contribution is -2.62. The van der Waals surface area contributed by atoms with Gasteiger partial charge in [0.05, 0.1) is 17.4 Å². The van der Waals surface area contributed by atoms with E-state index in [0.29, 0.717) is 36.6 Å². The van der Waals surface area contributed by atoms with Gasteiger partial charge in [-0.1, -0.05) is 18.2 Å². The number of para-hydroxylation sites is 1. The minimum atomic E-state index is -1.31. The average Bonchev–Trinajstić information content (AvgIpc) is 3.09. The summed E-state index contributed by atoms with van der Waals surface area (Å²) < 4.78 is 26.8. The molecule has 2 aromatic carbocycles. The number of nitrogens with one attached hydrogen (secondary N) is 1. The second-order valence-corrected chi connectivity index (χ2v) is 8.51. The van der Waals surface area contributed by atoms with E-state index in [9.17, 15) is 28.3 Å². The maximum Gasteiger partial charge on any atom is 0.257 e. The first-order valence-corrected chi connectivity index (χ1v) is 10.9. The van der Waals surface area contributed by atoms with Gasteiger partial charge in [0.15, 0.2) is 0 Å². The van der Waals surface area contributed by atoms with E-state index in [-0.39, 0.29) is 42.8 Å². The summed E-state index contributed by atoms with van der Waals surface area (Å²) in [7, 11) is 0. The zero-order valence-electron chi connectivity index (χ0n) is 18.2. The minimum absolute atomic E-state index is 0.0396. The van der Waals surface area contributed by atoms with Crippen molar-refractivity contribution in [1.29, 1.82) is 0 Å². The highest BCUT2D eigenvalue weighted by molar-refractivity contribution is 6.10. The SMILES string of the molecule is CC12CCC(=O)N1c1ccccc1C(=O)N2CCCC(=O)NCC(O)c1ccc(F)cc1F. The molecule has 0 bridgehead atoms. The zero-order valence-corrected chi connectivity index (χ0v) is 18.2. The molecule has 2 atom stereocenters. The van der Waals surface area contributed by atoms with Crippen LogP contribution in [0.2, 0.25) is 0 Å². The Balaban J connectivity index is 1.36. The molecule has 33 heavy (non-hydrogen) atoms. The van der Waals surface area contributed by atoms with Crippen LogP contribution in [0.1, 0.15) is 54.6 Å². The fourth-order valence-corrected chi connectivity index (χ4v) is 4.62. The predicted octanol–water partition coefficient (Wildman–Crippen LogP) is 2.89. The van der Waals surface area contributed by atoms with Crippen LogP contribution in [0.25, 0.3) is 0 Å². The molecule has 2 aliphatic heterocycles. The number of halogens is 2. The molecule has 2 aliphatic rings. The number of hydrogen-bond donors (Lipinski definition) is 2. The van der Waals surface area contributed by atoms with E-state index in [1.807, 2.05) is 6.92 Å². The Morgan fingerprint density at radius 1 is 1.21 bits per heavy atom. The molecule has 2 aromatic rings. The fourth-order valence-electron chi connectivity index (χ4n) is 4.62. The van der Waals surface area contributed by atoms with Crippen LogP contribution in [0.5, 0.6) is 0 Å². The van der Waals surface area contributed by atoms with Crippen LogP contribution in [-0.2, 0) is 9.59 Å². The first-order chi connectivity index (χ1) is 15.7. The van der Waals surface area contributed by atoms with Gasteiger partial charge in [-0.2, -0.15) is 0 Å². The van der Waals surface area contributed by atoms with Crippen molar-refractivity contribution in [2.75, 3.05) is 18.0 Å². The lowest BCUT2D eigenvalue weighted by atomic mass is 9.98. The first-order valence-electron chi connectivity index (χ1n) is 10.9. The molecule has 4 rings (SSSR count). The van der Waals surface area contributed by atoms with E-state index in [2.05, 4.69) is 5.32 Å². The number of carbonyl (C=O) groups is 3. The molecule has 3 amide bonds. The number of fused-ring (bicyclic) bond motifs is 3. The van der Waals surface area contributed by atoms with Crippen molar-refractivity contribution in [3.05, 3.63) is 65.2 Å². The van der Waals surface area contributed by atoms with Crippen LogP contribution in [0.4, 0.5) is 14.5 Å². The van der Waals surface area contributed by atoms with E-state index in [4.69, 9.17) is 0 Å². The van der Waals surface area contributed by atoms with Crippen molar-refractivity contribution in [2.24, 2.45) is 0 Å². The number of carbonyl (C=O) groups excluding carboxylic acids is 3. The minimum Gasteiger partial charge on any atom is -0.386 e. The zero-order chi connectivity index (χ0) is 23.8. The van der Waals surface area contributed by atoms with Gasteiger partial charge in [-0.25, -0.2) is 8.78 Å². The topological polar surface area (TPSA) is 90.0 Å². The number of aliphatic hydroxyl groups excluding tert-OH is 1. The first kappa shape index (κ1) is 22.8. The molecule has 0 saturated carbocycles. The Labute approximate surface area is 190 Å². The molecular weight excluding hydrogens is 432 g/mol. The largest absolute Gasteiger partial charge is 0.386 e. The summed E-state index contributed by atoms with van der Waals surface area (Å²) in [4.78, 5) is 41.3. The highest BCUT2D eigenvalue weighted by atomic mass is 19.1. The van der Waals surface area contributed by atoms with Crippen molar-refractivity contribution < 1.29 is 28.3 Å². The number of rotatable bonds is 7. The molecule has 0 aromatic heterocycles. The molecule has 1 fully saturated rings. The van der Waals surface area contributed by atoms with Crippen LogP contribution in [-0.4, -0.2) is 46.5 Å². The maximum atomic E-state index is 13.8. The average molecular weight is 457 g/mol. The Morgan fingerprint density at radius 2 is 1.97 bits per heavy atom. The summed E-state index contributed by atoms with van der Waals surface area (Å²) >= 11 is 0. The van der Waals surface area contributed by atoms with Crippen molar-refractivity contribution in [2.45, 2.75) is 44.4 Å². The van der Waals surface area contributed by atoms with Gasteiger partial charge in [0.25, 0.3) is 5.91 Å². The summed E-state index contributed by atoms with van der Waals surface area (Å²) in [5.41, 5.74) is 0.186. The summed E-state index contributed by atoms with van der Waals surface area (Å²) in [5.74, 6) is -2.22. The highest BCUT2D eigenvalue weighted by Crippen LogP contribution is 2.44. The van der Waals surface area contributed by atoms with E-state index in [1.54, 1.807) is 34.1 Å². The van der Waals surface area contributed by atoms with Crippen LogP contribution < -0.4 is 10.2 Å². The second-order valence-electron chi connectivity index (χ2n) is 8.51. The van der Waals surface area contributed by atoms with Crippen molar-refractivity contribution in [3.63, 3.8) is 0 Å². The lowest BCUT2D eigenvalue weighted by Gasteiger charge is -2.48. The Kier molecular flexibility index (Phi) is 6.16. The lowest BCUT2D eigenvalue weighted by molar-refractivity contribution is -0.122. The number of anilines is 1. The maximum absolute atomic E-state index is 13.8. The van der Waals surface area contributed by atoms with E-state index in [0.717, 1.165) is 12.1 Å². The van der Waals surface area contributed by atoms with E-state index < -0.39 is 23.4 Å². The summed E-state index contributed by atoms with van der Waals surface area (Å²) in [6.45, 7) is 1.91. The van der Waals surface area contributed by atoms with Crippen LogP contribution >= 0.6 is 0 Å². The number of aliphatic hydroxyl groups is 1. The van der Waals surface area contributed by atoms with Crippen LogP contribution in [0.15, 0.2) is 42.5 Å². The van der Waals surface area contributed by atoms with Crippen molar-refractivity contribution in [3.8, 4) is 0 Å². The summed E-state index contributed by atoms with van der Waals surface area (Å²) in [5, 5.41) is 12.6. The van der Waals surface area contributed by atoms with Gasteiger partial charge in [-0.15, -0.1) is 0 Å². The smallest absolute Gasteiger partial charge is 0.257 e. The fraction of sp³-hybridized carbons (Fsp3) is 0.375. The monoisotopic (exact) mass is 457 g/mol. The van der Waals surface area contributed by atoms with Gasteiger partial charge in [-0.05, 0) is 38.0 Å². The molecule has 2 heterocycles. The quantitative estimate of drug-likeness (QED) is 0.669. The Bertz CT molecular complexity index is 1110. The molecule has 0 aliphatic carbocycles. The third-order valence-corrected chi connectivity index (χ3v) is 6.35. The third kappa shape index (κ3) is 4.20. The molecule has 2 N–H and O–H groups in total. The normalized spacial score (nSPS) is 20.5. The van der Waals surface area contributed by atoms with Gasteiger partial charge >= 0.3 is 0 Å². The van der Waals surface area contributed by atoms with E-state index >= 15 is 0 Å². The van der Waals surface area contributed by atoms with Crippen LogP contribution in [0, 0.1) is 11.6 Å². The van der Waals surface area contributed by atoms with Crippen LogP contribution in [0.3, 0.4) is 0 Å². The second kappa shape index (κ2) is 8.90. The van der Waals surface area contributed by atoms with Crippen molar-refractivity contribution >= 4 is 23.4 Å². The number of benzene rings is 2. The summed E-state index contributed by atoms with van der Waals surface area (Å²) in [6, 6.07) is 9.86. The Morgan fingerprint density at radius 3 is 2.73 bits per heavy atom. The molecule has 0 radical (unpaired) electrons. The van der Waals surface area contributed by atoms with Gasteiger partial charge in [-0.3, -0.25) is 19.3 Å². The molecular formula is C24H25F2N3O4. The van der Waals surface area contributed by atoms with Crippen molar-refractivity contribution in [1.82, 2.24) is 10.2 Å². The van der Waals surface area contributed by atoms with Gasteiger partial charge in [0.2, 0.25) is 11.8 Å². The molecule has 1 saturated heterocycles. The molecule has 174 valence electrons. The highest BCUT2D eigenvalue weighted by Gasteiger charge is 2.52. The summed E-state index contributed by atoms with van der Waals surface area (Å²) in [6.07, 6.45) is -0.0425. The van der Waals surface area contributed by atoms with Gasteiger partial charge < -0.3 is 15.3 Å². The standard InChI is InChI=1S/C24H25F2N3O4/c1-24-11-10-22(32)29(24)19-6-3-2-5-17(19)23(33)28(24)12-4-7-21(31)27-14-20(30)16-9-8-15(25)13-18(16)26/h2-3,5-6,8-9,13,20,30H,4,7,10-12,14H2,1H3,(H,27,31).